The van der Waals surface area contributed by atoms with Gasteiger partial charge in [0.2, 0.25) is 0 Å². The molecule has 18 heavy (non-hydrogen) atoms. The first kappa shape index (κ1) is 11.5. The van der Waals surface area contributed by atoms with Crippen LogP contribution < -0.4 is 10.6 Å². The van der Waals surface area contributed by atoms with Gasteiger partial charge in [-0.3, -0.25) is 0 Å². The Morgan fingerprint density at radius 3 is 3.00 bits per heavy atom. The Bertz CT molecular complexity index is 504. The molecule has 2 unspecified atom stereocenters. The van der Waals surface area contributed by atoms with Gasteiger partial charge in [0.1, 0.15) is 5.52 Å². The molecule has 0 amide bonds. The number of benzene rings is 1. The van der Waals surface area contributed by atoms with Gasteiger partial charge in [-0.2, -0.15) is 4.98 Å². The van der Waals surface area contributed by atoms with Crippen LogP contribution in [0.4, 0.5) is 6.01 Å². The van der Waals surface area contributed by atoms with Crippen LogP contribution in [0.25, 0.3) is 11.1 Å². The van der Waals surface area contributed by atoms with E-state index in [0.29, 0.717) is 18.6 Å². The molecular formula is C14H19N3O. The zero-order valence-corrected chi connectivity index (χ0v) is 10.7. The van der Waals surface area contributed by atoms with Crippen molar-refractivity contribution in [3.63, 3.8) is 0 Å². The Morgan fingerprint density at radius 2 is 2.22 bits per heavy atom. The average molecular weight is 245 g/mol. The minimum Gasteiger partial charge on any atom is -0.423 e. The van der Waals surface area contributed by atoms with Crippen LogP contribution in [-0.4, -0.2) is 23.6 Å². The van der Waals surface area contributed by atoms with E-state index in [1.807, 2.05) is 24.3 Å². The average Bonchev–Trinajstić information content (AvgIpc) is 2.81. The monoisotopic (exact) mass is 245 g/mol. The number of aromatic nitrogens is 1. The van der Waals surface area contributed by atoms with Crippen molar-refractivity contribution in [2.75, 3.05) is 11.4 Å². The minimum atomic E-state index is 0.349. The molecule has 96 valence electrons. The SMILES string of the molecule is CC1CCCC(CN)N1c1nc2ccccc2o1. The first-order chi connectivity index (χ1) is 8.79. The third-order valence-electron chi connectivity index (χ3n) is 3.80. The lowest BCUT2D eigenvalue weighted by atomic mass is 9.97. The van der Waals surface area contributed by atoms with Gasteiger partial charge in [0.15, 0.2) is 5.58 Å². The third-order valence-corrected chi connectivity index (χ3v) is 3.80. The third kappa shape index (κ3) is 1.86. The highest BCUT2D eigenvalue weighted by atomic mass is 16.4. The van der Waals surface area contributed by atoms with E-state index >= 15 is 0 Å². The number of nitrogens with two attached hydrogens (primary N) is 1. The van der Waals surface area contributed by atoms with Gasteiger partial charge in [-0.1, -0.05) is 12.1 Å². The number of para-hydroxylation sites is 2. The molecular weight excluding hydrogens is 226 g/mol. The molecule has 4 heteroatoms. The predicted octanol–water partition coefficient (Wildman–Crippen LogP) is 2.53. The van der Waals surface area contributed by atoms with Crippen molar-refractivity contribution in [1.82, 2.24) is 4.98 Å². The van der Waals surface area contributed by atoms with E-state index in [9.17, 15) is 0 Å². The summed E-state index contributed by atoms with van der Waals surface area (Å²) in [5.41, 5.74) is 7.64. The number of hydrogen-bond acceptors (Lipinski definition) is 4. The molecule has 1 aliphatic rings. The first-order valence-corrected chi connectivity index (χ1v) is 6.63. The van der Waals surface area contributed by atoms with Crippen LogP contribution in [0.5, 0.6) is 0 Å². The maximum atomic E-state index is 5.88. The number of anilines is 1. The first-order valence-electron chi connectivity index (χ1n) is 6.63. The molecule has 1 aliphatic heterocycles. The van der Waals surface area contributed by atoms with E-state index in [4.69, 9.17) is 10.2 Å². The summed E-state index contributed by atoms with van der Waals surface area (Å²) < 4.78 is 5.87. The highest BCUT2D eigenvalue weighted by molar-refractivity contribution is 5.74. The van der Waals surface area contributed by atoms with Crippen molar-refractivity contribution in [2.45, 2.75) is 38.3 Å². The maximum Gasteiger partial charge on any atom is 0.298 e. The molecule has 1 fully saturated rings. The zero-order chi connectivity index (χ0) is 12.5. The smallest absolute Gasteiger partial charge is 0.298 e. The van der Waals surface area contributed by atoms with E-state index in [2.05, 4.69) is 16.8 Å². The Hall–Kier alpha value is -1.55. The van der Waals surface area contributed by atoms with Crippen molar-refractivity contribution in [1.29, 1.82) is 0 Å². The van der Waals surface area contributed by atoms with E-state index in [0.717, 1.165) is 23.5 Å². The van der Waals surface area contributed by atoms with Crippen molar-refractivity contribution < 1.29 is 4.42 Å². The van der Waals surface area contributed by atoms with Crippen molar-refractivity contribution in [3.05, 3.63) is 24.3 Å². The zero-order valence-electron chi connectivity index (χ0n) is 10.7. The van der Waals surface area contributed by atoms with Gasteiger partial charge in [0, 0.05) is 18.6 Å². The summed E-state index contributed by atoms with van der Waals surface area (Å²) in [6, 6.07) is 9.40. The van der Waals surface area contributed by atoms with Crippen LogP contribution in [0.1, 0.15) is 26.2 Å². The van der Waals surface area contributed by atoms with E-state index in [-0.39, 0.29) is 0 Å². The summed E-state index contributed by atoms with van der Waals surface area (Å²) >= 11 is 0. The van der Waals surface area contributed by atoms with Gasteiger partial charge in [-0.05, 0) is 38.3 Å². The molecule has 0 spiro atoms. The van der Waals surface area contributed by atoms with Gasteiger partial charge < -0.3 is 15.1 Å². The standard InChI is InChI=1S/C14H19N3O/c1-10-5-4-6-11(9-15)17(10)14-16-12-7-2-3-8-13(12)18-14/h2-3,7-8,10-11H,4-6,9,15H2,1H3. The number of hydrogen-bond donors (Lipinski definition) is 1. The molecule has 1 saturated heterocycles. The number of piperidine rings is 1. The quantitative estimate of drug-likeness (QED) is 0.883. The lowest BCUT2D eigenvalue weighted by molar-refractivity contribution is 0.372. The van der Waals surface area contributed by atoms with Gasteiger partial charge >= 0.3 is 0 Å². The molecule has 0 radical (unpaired) electrons. The van der Waals surface area contributed by atoms with Gasteiger partial charge in [0.25, 0.3) is 6.01 Å². The fraction of sp³-hybridized carbons (Fsp3) is 0.500. The van der Waals surface area contributed by atoms with Crippen LogP contribution in [0.15, 0.2) is 28.7 Å². The van der Waals surface area contributed by atoms with Crippen molar-refractivity contribution >= 4 is 17.1 Å². The van der Waals surface area contributed by atoms with Crippen LogP contribution in [0.3, 0.4) is 0 Å². The molecule has 4 nitrogen and oxygen atoms in total. The molecule has 2 atom stereocenters. The second-order valence-corrected chi connectivity index (χ2v) is 5.04. The molecule has 0 aliphatic carbocycles. The lowest BCUT2D eigenvalue weighted by Crippen LogP contribution is -2.49. The Labute approximate surface area is 107 Å². The fourth-order valence-corrected chi connectivity index (χ4v) is 2.83. The van der Waals surface area contributed by atoms with Crippen LogP contribution in [0.2, 0.25) is 0 Å². The van der Waals surface area contributed by atoms with Crippen molar-refractivity contribution in [2.24, 2.45) is 5.73 Å². The van der Waals surface area contributed by atoms with Gasteiger partial charge in [0.05, 0.1) is 0 Å². The summed E-state index contributed by atoms with van der Waals surface area (Å²) in [6.07, 6.45) is 3.54. The summed E-state index contributed by atoms with van der Waals surface area (Å²) in [7, 11) is 0. The molecule has 1 aromatic heterocycles. The number of fused-ring (bicyclic) bond motifs is 1. The number of oxazole rings is 1. The molecule has 2 N–H and O–H groups in total. The van der Waals surface area contributed by atoms with E-state index < -0.39 is 0 Å². The molecule has 0 bridgehead atoms. The second-order valence-electron chi connectivity index (χ2n) is 5.04. The minimum absolute atomic E-state index is 0.349. The summed E-state index contributed by atoms with van der Waals surface area (Å²) in [5.74, 6) is 0. The van der Waals surface area contributed by atoms with Gasteiger partial charge in [-0.15, -0.1) is 0 Å². The normalized spacial score (nSPS) is 24.7. The molecule has 0 saturated carbocycles. The molecule has 2 heterocycles. The Kier molecular flexibility index (Phi) is 2.96. The topological polar surface area (TPSA) is 55.3 Å². The van der Waals surface area contributed by atoms with E-state index in [1.165, 1.54) is 12.8 Å². The largest absolute Gasteiger partial charge is 0.423 e. The van der Waals surface area contributed by atoms with Gasteiger partial charge in [-0.25, -0.2) is 0 Å². The highest BCUT2D eigenvalue weighted by Gasteiger charge is 2.30. The Morgan fingerprint density at radius 1 is 1.39 bits per heavy atom. The molecule has 1 aromatic carbocycles. The summed E-state index contributed by atoms with van der Waals surface area (Å²) in [4.78, 5) is 6.84. The number of nitrogens with zero attached hydrogens (tertiary/aromatic N) is 2. The Balaban J connectivity index is 2.00. The molecule has 2 aromatic rings. The summed E-state index contributed by atoms with van der Waals surface area (Å²) in [6.45, 7) is 2.87. The number of rotatable bonds is 2. The van der Waals surface area contributed by atoms with Crippen LogP contribution in [0, 0.1) is 0 Å². The van der Waals surface area contributed by atoms with Crippen molar-refractivity contribution in [3.8, 4) is 0 Å². The lowest BCUT2D eigenvalue weighted by Gasteiger charge is -2.39. The second kappa shape index (κ2) is 4.61. The fourth-order valence-electron chi connectivity index (χ4n) is 2.83. The van der Waals surface area contributed by atoms with Crippen LogP contribution >= 0.6 is 0 Å². The summed E-state index contributed by atoms with van der Waals surface area (Å²) in [5, 5.41) is 0. The van der Waals surface area contributed by atoms with Crippen LogP contribution in [-0.2, 0) is 0 Å². The highest BCUT2D eigenvalue weighted by Crippen LogP contribution is 2.30. The maximum absolute atomic E-state index is 5.88. The molecule has 3 rings (SSSR count). The predicted molar refractivity (Wildman–Crippen MR) is 72.6 cm³/mol. The van der Waals surface area contributed by atoms with E-state index in [1.54, 1.807) is 0 Å².